The second-order valence-corrected chi connectivity index (χ2v) is 7.38. The van der Waals surface area contributed by atoms with Gasteiger partial charge in [0.15, 0.2) is 0 Å². The van der Waals surface area contributed by atoms with Crippen LogP contribution >= 0.6 is 15.9 Å². The van der Waals surface area contributed by atoms with Crippen LogP contribution in [-0.4, -0.2) is 6.04 Å². The summed E-state index contributed by atoms with van der Waals surface area (Å²) < 4.78 is 1.16. The number of hydrogen-bond donors (Lipinski definition) is 1. The largest absolute Gasteiger partial charge is 0.307 e. The average Bonchev–Trinajstić information content (AvgIpc) is 2.38. The topological polar surface area (TPSA) is 12.0 Å². The standard InChI is InChI=1S/C17H26BrN/c1-4-15(13-8-10-14(18)11-9-13)19-16-7-5-6-12-17(16,2)3/h8-11,15-16,19H,4-7,12H2,1-3H3. The van der Waals surface area contributed by atoms with Crippen LogP contribution in [0.3, 0.4) is 0 Å². The lowest BCUT2D eigenvalue weighted by molar-refractivity contribution is 0.154. The molecule has 1 fully saturated rings. The fourth-order valence-electron chi connectivity index (χ4n) is 3.19. The summed E-state index contributed by atoms with van der Waals surface area (Å²) in [5, 5.41) is 3.92. The first-order valence-electron chi connectivity index (χ1n) is 7.54. The maximum absolute atomic E-state index is 3.92. The average molecular weight is 324 g/mol. The number of hydrogen-bond acceptors (Lipinski definition) is 1. The Morgan fingerprint density at radius 3 is 2.53 bits per heavy atom. The predicted octanol–water partition coefficient (Wildman–Crippen LogP) is 5.46. The van der Waals surface area contributed by atoms with Crippen LogP contribution < -0.4 is 5.32 Å². The van der Waals surface area contributed by atoms with Crippen molar-refractivity contribution in [1.29, 1.82) is 0 Å². The Labute approximate surface area is 126 Å². The van der Waals surface area contributed by atoms with Gasteiger partial charge < -0.3 is 5.32 Å². The molecule has 0 spiro atoms. The molecular formula is C17H26BrN. The van der Waals surface area contributed by atoms with Gasteiger partial charge in [-0.1, -0.05) is 61.7 Å². The zero-order chi connectivity index (χ0) is 13.9. The zero-order valence-electron chi connectivity index (χ0n) is 12.4. The fraction of sp³-hybridized carbons (Fsp3) is 0.647. The third kappa shape index (κ3) is 3.82. The molecule has 2 atom stereocenters. The van der Waals surface area contributed by atoms with Crippen LogP contribution in [0.2, 0.25) is 0 Å². The minimum Gasteiger partial charge on any atom is -0.307 e. The first-order valence-corrected chi connectivity index (χ1v) is 8.34. The molecule has 0 aliphatic heterocycles. The lowest BCUT2D eigenvalue weighted by Gasteiger charge is -2.41. The maximum Gasteiger partial charge on any atom is 0.0320 e. The summed E-state index contributed by atoms with van der Waals surface area (Å²) in [4.78, 5) is 0. The van der Waals surface area contributed by atoms with Gasteiger partial charge in [0.1, 0.15) is 0 Å². The van der Waals surface area contributed by atoms with Crippen LogP contribution in [0, 0.1) is 5.41 Å². The lowest BCUT2D eigenvalue weighted by Crippen LogP contribution is -2.45. The van der Waals surface area contributed by atoms with Crippen LogP contribution in [-0.2, 0) is 0 Å². The first kappa shape index (κ1) is 15.1. The summed E-state index contributed by atoms with van der Waals surface area (Å²) in [6.07, 6.45) is 6.58. The minimum atomic E-state index is 0.432. The molecule has 2 heteroatoms. The smallest absolute Gasteiger partial charge is 0.0320 e. The number of benzene rings is 1. The van der Waals surface area contributed by atoms with Crippen molar-refractivity contribution in [2.45, 2.75) is 65.0 Å². The predicted molar refractivity (Wildman–Crippen MR) is 86.3 cm³/mol. The molecule has 0 heterocycles. The van der Waals surface area contributed by atoms with E-state index in [0.717, 1.165) is 10.9 Å². The highest BCUT2D eigenvalue weighted by Crippen LogP contribution is 2.37. The molecule has 1 nitrogen and oxygen atoms in total. The SMILES string of the molecule is CCC(NC1CCCCC1(C)C)c1ccc(Br)cc1. The zero-order valence-corrected chi connectivity index (χ0v) is 14.0. The molecule has 0 saturated heterocycles. The number of halogens is 1. The molecule has 1 saturated carbocycles. The summed E-state index contributed by atoms with van der Waals surface area (Å²) >= 11 is 3.51. The summed E-state index contributed by atoms with van der Waals surface area (Å²) in [7, 11) is 0. The molecule has 1 N–H and O–H groups in total. The van der Waals surface area contributed by atoms with Gasteiger partial charge in [-0.3, -0.25) is 0 Å². The van der Waals surface area contributed by atoms with E-state index in [1.54, 1.807) is 0 Å². The van der Waals surface area contributed by atoms with E-state index >= 15 is 0 Å². The van der Waals surface area contributed by atoms with Crippen LogP contribution in [0.25, 0.3) is 0 Å². The molecule has 1 aromatic carbocycles. The highest BCUT2D eigenvalue weighted by Gasteiger charge is 2.33. The van der Waals surface area contributed by atoms with Gasteiger partial charge in [0, 0.05) is 16.6 Å². The molecule has 1 aromatic rings. The van der Waals surface area contributed by atoms with Crippen LogP contribution in [0.15, 0.2) is 28.7 Å². The quantitative estimate of drug-likeness (QED) is 0.775. The van der Waals surface area contributed by atoms with E-state index < -0.39 is 0 Å². The van der Waals surface area contributed by atoms with Gasteiger partial charge in [-0.2, -0.15) is 0 Å². The van der Waals surface area contributed by atoms with Crippen molar-refractivity contribution in [3.8, 4) is 0 Å². The molecule has 1 aliphatic carbocycles. The molecule has 0 amide bonds. The molecule has 0 radical (unpaired) electrons. The van der Waals surface area contributed by atoms with E-state index in [-0.39, 0.29) is 0 Å². The second kappa shape index (κ2) is 6.41. The third-order valence-corrected chi connectivity index (χ3v) is 5.12. The Balaban J connectivity index is 2.08. The van der Waals surface area contributed by atoms with Crippen molar-refractivity contribution < 1.29 is 0 Å². The van der Waals surface area contributed by atoms with Gasteiger partial charge in [0.2, 0.25) is 0 Å². The molecule has 0 bridgehead atoms. The van der Waals surface area contributed by atoms with E-state index in [1.807, 2.05) is 0 Å². The molecule has 106 valence electrons. The van der Waals surface area contributed by atoms with E-state index in [4.69, 9.17) is 0 Å². The summed E-state index contributed by atoms with van der Waals surface area (Å²) in [6.45, 7) is 7.10. The first-order chi connectivity index (χ1) is 9.03. The highest BCUT2D eigenvalue weighted by molar-refractivity contribution is 9.10. The molecule has 2 unspecified atom stereocenters. The minimum absolute atomic E-state index is 0.432. The van der Waals surface area contributed by atoms with E-state index in [0.29, 0.717) is 17.5 Å². The fourth-order valence-corrected chi connectivity index (χ4v) is 3.46. The van der Waals surface area contributed by atoms with E-state index in [2.05, 4.69) is 66.3 Å². The Bertz CT molecular complexity index is 396. The molecule has 1 aliphatic rings. The molecular weight excluding hydrogens is 298 g/mol. The number of nitrogens with one attached hydrogen (secondary N) is 1. The van der Waals surface area contributed by atoms with Crippen LogP contribution in [0.5, 0.6) is 0 Å². The van der Waals surface area contributed by atoms with Gasteiger partial charge in [-0.15, -0.1) is 0 Å². The molecule has 2 rings (SSSR count). The Kier molecular flexibility index (Phi) is 5.08. The van der Waals surface area contributed by atoms with Crippen molar-refractivity contribution in [2.24, 2.45) is 5.41 Å². The summed E-state index contributed by atoms with van der Waals surface area (Å²) in [6, 6.07) is 9.89. The Morgan fingerprint density at radius 1 is 1.26 bits per heavy atom. The number of rotatable bonds is 4. The van der Waals surface area contributed by atoms with Crippen molar-refractivity contribution in [3.63, 3.8) is 0 Å². The Morgan fingerprint density at radius 2 is 1.95 bits per heavy atom. The van der Waals surface area contributed by atoms with Crippen molar-refractivity contribution >= 4 is 15.9 Å². The van der Waals surface area contributed by atoms with Crippen molar-refractivity contribution in [3.05, 3.63) is 34.3 Å². The summed E-state index contributed by atoms with van der Waals surface area (Å²) in [5.41, 5.74) is 1.84. The third-order valence-electron chi connectivity index (χ3n) is 4.59. The van der Waals surface area contributed by atoms with Crippen molar-refractivity contribution in [2.75, 3.05) is 0 Å². The van der Waals surface area contributed by atoms with Crippen LogP contribution in [0.1, 0.15) is 64.5 Å². The van der Waals surface area contributed by atoms with E-state index in [1.165, 1.54) is 31.2 Å². The second-order valence-electron chi connectivity index (χ2n) is 6.47. The van der Waals surface area contributed by atoms with Crippen molar-refractivity contribution in [1.82, 2.24) is 5.32 Å². The normalized spacial score (nSPS) is 24.1. The van der Waals surface area contributed by atoms with Gasteiger partial charge in [0.05, 0.1) is 0 Å². The lowest BCUT2D eigenvalue weighted by atomic mass is 9.73. The van der Waals surface area contributed by atoms with Gasteiger partial charge in [-0.25, -0.2) is 0 Å². The van der Waals surface area contributed by atoms with Crippen LogP contribution in [0.4, 0.5) is 0 Å². The monoisotopic (exact) mass is 323 g/mol. The van der Waals surface area contributed by atoms with E-state index in [9.17, 15) is 0 Å². The maximum atomic E-state index is 3.92. The Hall–Kier alpha value is -0.340. The van der Waals surface area contributed by atoms with Gasteiger partial charge >= 0.3 is 0 Å². The summed E-state index contributed by atoms with van der Waals surface area (Å²) in [5.74, 6) is 0. The molecule has 19 heavy (non-hydrogen) atoms. The van der Waals surface area contributed by atoms with Gasteiger partial charge in [-0.05, 0) is 42.4 Å². The van der Waals surface area contributed by atoms with Gasteiger partial charge in [0.25, 0.3) is 0 Å². The highest BCUT2D eigenvalue weighted by atomic mass is 79.9. The molecule has 0 aromatic heterocycles.